The molecule has 0 radical (unpaired) electrons. The summed E-state index contributed by atoms with van der Waals surface area (Å²) in [6, 6.07) is 9.51. The summed E-state index contributed by atoms with van der Waals surface area (Å²) < 4.78 is 0. The third kappa shape index (κ3) is 3.33. The van der Waals surface area contributed by atoms with E-state index in [2.05, 4.69) is 27.0 Å². The van der Waals surface area contributed by atoms with Crippen molar-refractivity contribution in [2.24, 2.45) is 5.41 Å². The van der Waals surface area contributed by atoms with Gasteiger partial charge in [-0.25, -0.2) is 0 Å². The van der Waals surface area contributed by atoms with Gasteiger partial charge in [0, 0.05) is 23.7 Å². The Morgan fingerprint density at radius 3 is 2.46 bits per heavy atom. The van der Waals surface area contributed by atoms with Crippen LogP contribution in [0.3, 0.4) is 0 Å². The molecule has 1 aromatic heterocycles. The highest BCUT2D eigenvalue weighted by Crippen LogP contribution is 2.56. The molecule has 2 aromatic rings. The van der Waals surface area contributed by atoms with Gasteiger partial charge >= 0.3 is 0 Å². The number of thiophene rings is 1. The molecule has 2 fully saturated rings. The van der Waals surface area contributed by atoms with Gasteiger partial charge in [-0.15, -0.1) is 0 Å². The minimum Gasteiger partial charge on any atom is -0.331 e. The Kier molecular flexibility index (Phi) is 4.67. The number of Topliss-reactive ketones (excluding diaryl/α,β-unsaturated/α-hetero) is 1. The lowest BCUT2D eigenvalue weighted by Crippen LogP contribution is -2.39. The first kappa shape index (κ1) is 17.4. The second-order valence-electron chi connectivity index (χ2n) is 7.53. The highest BCUT2D eigenvalue weighted by molar-refractivity contribution is 7.07. The molecule has 2 heterocycles. The summed E-state index contributed by atoms with van der Waals surface area (Å²) in [6.45, 7) is 4.30. The Morgan fingerprint density at radius 1 is 1.15 bits per heavy atom. The number of rotatable bonds is 5. The maximum absolute atomic E-state index is 13.3. The van der Waals surface area contributed by atoms with Gasteiger partial charge in [-0.2, -0.15) is 11.3 Å². The smallest absolute Gasteiger partial charge is 0.254 e. The summed E-state index contributed by atoms with van der Waals surface area (Å²) in [5, 5.41) is 7.61. The minimum absolute atomic E-state index is 0.0231. The van der Waals surface area contributed by atoms with Crippen molar-refractivity contribution < 1.29 is 9.59 Å². The fourth-order valence-corrected chi connectivity index (χ4v) is 4.80. The fourth-order valence-electron chi connectivity index (χ4n) is 4.15. The van der Waals surface area contributed by atoms with Crippen molar-refractivity contribution in [3.63, 3.8) is 0 Å². The zero-order valence-electron chi connectivity index (χ0n) is 15.0. The van der Waals surface area contributed by atoms with Gasteiger partial charge in [-0.05, 0) is 79.2 Å². The van der Waals surface area contributed by atoms with Crippen LogP contribution in [0.1, 0.15) is 52.5 Å². The molecule has 4 rings (SSSR count). The predicted molar refractivity (Wildman–Crippen MR) is 104 cm³/mol. The van der Waals surface area contributed by atoms with E-state index in [1.165, 1.54) is 5.56 Å². The maximum atomic E-state index is 13.3. The average molecular weight is 369 g/mol. The summed E-state index contributed by atoms with van der Waals surface area (Å²) in [5.41, 5.74) is 2.81. The predicted octanol–water partition coefficient (Wildman–Crippen LogP) is 3.74. The summed E-state index contributed by atoms with van der Waals surface area (Å²) in [7, 11) is 0. The van der Waals surface area contributed by atoms with Gasteiger partial charge in [-0.3, -0.25) is 9.59 Å². The molecule has 1 atom stereocenters. The van der Waals surface area contributed by atoms with E-state index >= 15 is 0 Å². The van der Waals surface area contributed by atoms with Crippen LogP contribution in [0.4, 0.5) is 0 Å². The van der Waals surface area contributed by atoms with E-state index in [0.717, 1.165) is 32.4 Å². The summed E-state index contributed by atoms with van der Waals surface area (Å²) >= 11 is 1.67. The maximum Gasteiger partial charge on any atom is 0.254 e. The van der Waals surface area contributed by atoms with E-state index in [9.17, 15) is 9.59 Å². The monoisotopic (exact) mass is 368 g/mol. The van der Waals surface area contributed by atoms with Crippen molar-refractivity contribution in [3.8, 4) is 0 Å². The lowest BCUT2D eigenvalue weighted by atomic mass is 9.93. The second-order valence-corrected chi connectivity index (χ2v) is 8.31. The topological polar surface area (TPSA) is 49.4 Å². The fraction of sp³-hybridized carbons (Fsp3) is 0.429. The van der Waals surface area contributed by atoms with Gasteiger partial charge < -0.3 is 10.2 Å². The number of carbonyl (C=O) groups excluding carboxylic acids is 2. The van der Waals surface area contributed by atoms with Crippen molar-refractivity contribution in [1.82, 2.24) is 10.2 Å². The number of benzene rings is 1. The summed E-state index contributed by atoms with van der Waals surface area (Å²) in [5.74, 6) is 0.0988. The second kappa shape index (κ2) is 6.97. The highest BCUT2D eigenvalue weighted by Gasteiger charge is 2.57. The van der Waals surface area contributed by atoms with Crippen molar-refractivity contribution in [2.45, 2.75) is 38.8 Å². The van der Waals surface area contributed by atoms with Crippen molar-refractivity contribution in [3.05, 3.63) is 57.8 Å². The first-order chi connectivity index (χ1) is 12.6. The van der Waals surface area contributed by atoms with Crippen molar-refractivity contribution >= 4 is 23.0 Å². The molecule has 1 aromatic carbocycles. The average Bonchev–Trinajstić information content (AvgIpc) is 3.08. The van der Waals surface area contributed by atoms with E-state index in [-0.39, 0.29) is 11.7 Å². The zero-order chi connectivity index (χ0) is 18.1. The third-order valence-corrected chi connectivity index (χ3v) is 6.59. The molecule has 0 bridgehead atoms. The molecule has 1 saturated carbocycles. The highest BCUT2D eigenvalue weighted by atomic mass is 32.1. The lowest BCUT2D eigenvalue weighted by molar-refractivity contribution is 0.0692. The quantitative estimate of drug-likeness (QED) is 0.818. The van der Waals surface area contributed by atoms with Crippen LogP contribution in [0.5, 0.6) is 0 Å². The van der Waals surface area contributed by atoms with Crippen LogP contribution < -0.4 is 5.32 Å². The molecule has 1 amide bonds. The molecule has 2 aliphatic rings. The van der Waals surface area contributed by atoms with E-state index < -0.39 is 0 Å². The Hall–Kier alpha value is -1.98. The standard InChI is InChI=1S/C21H24N2O2S/c1-15(24)17-2-4-18(5-3-17)20(25)23(13-16-6-11-26-14-16)19-12-21(19)7-9-22-10-8-21/h2-6,11,14,19,22H,7-10,12-13H2,1H3. The molecule has 4 nitrogen and oxygen atoms in total. The van der Waals surface area contributed by atoms with Crippen LogP contribution in [-0.4, -0.2) is 35.7 Å². The van der Waals surface area contributed by atoms with Gasteiger partial charge in [0.15, 0.2) is 5.78 Å². The van der Waals surface area contributed by atoms with Crippen LogP contribution in [0.15, 0.2) is 41.1 Å². The number of hydrogen-bond acceptors (Lipinski definition) is 4. The SMILES string of the molecule is CC(=O)c1ccc(C(=O)N(Cc2ccsc2)C2CC23CCNCC3)cc1. The Balaban J connectivity index is 1.58. The van der Waals surface area contributed by atoms with E-state index in [4.69, 9.17) is 0 Å². The Bertz CT molecular complexity index is 792. The van der Waals surface area contributed by atoms with E-state index in [0.29, 0.717) is 29.1 Å². The lowest BCUT2D eigenvalue weighted by Gasteiger charge is -2.29. The van der Waals surface area contributed by atoms with E-state index in [1.54, 1.807) is 42.5 Å². The first-order valence-electron chi connectivity index (χ1n) is 9.23. The molecule has 26 heavy (non-hydrogen) atoms. The number of hydrogen-bond donors (Lipinski definition) is 1. The molecule has 1 N–H and O–H groups in total. The number of nitrogens with zero attached hydrogens (tertiary/aromatic N) is 1. The Morgan fingerprint density at radius 2 is 1.85 bits per heavy atom. The van der Waals surface area contributed by atoms with Crippen LogP contribution in [-0.2, 0) is 6.54 Å². The third-order valence-electron chi connectivity index (χ3n) is 5.85. The van der Waals surface area contributed by atoms with Gasteiger partial charge in [0.05, 0.1) is 0 Å². The molecule has 1 aliphatic carbocycles. The van der Waals surface area contributed by atoms with Gasteiger partial charge in [-0.1, -0.05) is 12.1 Å². The van der Waals surface area contributed by atoms with Crippen LogP contribution in [0, 0.1) is 5.41 Å². The minimum atomic E-state index is 0.0231. The molecule has 5 heteroatoms. The van der Waals surface area contributed by atoms with Crippen LogP contribution in [0.2, 0.25) is 0 Å². The summed E-state index contributed by atoms with van der Waals surface area (Å²) in [6.07, 6.45) is 3.40. The van der Waals surface area contributed by atoms with Crippen molar-refractivity contribution in [1.29, 1.82) is 0 Å². The number of nitrogens with one attached hydrogen (secondary N) is 1. The number of carbonyl (C=O) groups is 2. The molecular weight excluding hydrogens is 344 g/mol. The zero-order valence-corrected chi connectivity index (χ0v) is 15.8. The number of piperidine rings is 1. The van der Waals surface area contributed by atoms with Crippen LogP contribution in [0.25, 0.3) is 0 Å². The van der Waals surface area contributed by atoms with Crippen LogP contribution >= 0.6 is 11.3 Å². The van der Waals surface area contributed by atoms with Gasteiger partial charge in [0.2, 0.25) is 0 Å². The number of ketones is 1. The molecule has 136 valence electrons. The Labute approximate surface area is 158 Å². The molecule has 1 aliphatic heterocycles. The number of amides is 1. The molecule has 1 spiro atoms. The molecule has 1 saturated heterocycles. The first-order valence-corrected chi connectivity index (χ1v) is 10.2. The largest absolute Gasteiger partial charge is 0.331 e. The normalized spacial score (nSPS) is 20.7. The van der Waals surface area contributed by atoms with Gasteiger partial charge in [0.1, 0.15) is 0 Å². The molecular formula is C21H24N2O2S. The van der Waals surface area contributed by atoms with E-state index in [1.807, 2.05) is 0 Å². The summed E-state index contributed by atoms with van der Waals surface area (Å²) in [4.78, 5) is 26.8. The van der Waals surface area contributed by atoms with Crippen molar-refractivity contribution in [2.75, 3.05) is 13.1 Å². The van der Waals surface area contributed by atoms with Gasteiger partial charge in [0.25, 0.3) is 5.91 Å². The molecule has 1 unspecified atom stereocenters.